The molecule has 118 valence electrons. The Kier molecular flexibility index (Phi) is 5.21. The number of benzene rings is 1. The van der Waals surface area contributed by atoms with Crippen LogP contribution in [-0.4, -0.2) is 30.4 Å². The minimum Gasteiger partial charge on any atom is -0.422 e. The first-order valence-electron chi connectivity index (χ1n) is 7.21. The van der Waals surface area contributed by atoms with Crippen molar-refractivity contribution >= 4 is 29.3 Å². The summed E-state index contributed by atoms with van der Waals surface area (Å²) in [5, 5.41) is 0.761. The van der Waals surface area contributed by atoms with Crippen molar-refractivity contribution in [2.45, 2.75) is 12.8 Å². The Hall–Kier alpha value is -1.85. The van der Waals surface area contributed by atoms with Gasteiger partial charge >= 0.3 is 5.63 Å². The Balaban J connectivity index is 0.00000176. The van der Waals surface area contributed by atoms with Gasteiger partial charge in [-0.05, 0) is 37.4 Å². The summed E-state index contributed by atoms with van der Waals surface area (Å²) in [4.78, 5) is 26.2. The summed E-state index contributed by atoms with van der Waals surface area (Å²) in [6, 6.07) is 8.82. The molecule has 22 heavy (non-hydrogen) atoms. The molecule has 2 aromatic rings. The van der Waals surface area contributed by atoms with Gasteiger partial charge in [-0.1, -0.05) is 18.2 Å². The maximum Gasteiger partial charge on any atom is 0.349 e. The normalized spacial score (nSPS) is 15.6. The van der Waals surface area contributed by atoms with Gasteiger partial charge in [-0.2, -0.15) is 0 Å². The van der Waals surface area contributed by atoms with Crippen LogP contribution in [0.1, 0.15) is 23.2 Å². The predicted octanol–water partition coefficient (Wildman–Crippen LogP) is 2.03. The van der Waals surface area contributed by atoms with Crippen LogP contribution in [0.4, 0.5) is 0 Å². The van der Waals surface area contributed by atoms with Crippen LogP contribution in [0, 0.1) is 5.92 Å². The van der Waals surface area contributed by atoms with Crippen molar-refractivity contribution < 1.29 is 9.21 Å². The average molecular weight is 323 g/mol. The molecule has 2 N–H and O–H groups in total. The first-order valence-corrected chi connectivity index (χ1v) is 7.21. The molecule has 0 radical (unpaired) electrons. The molecule has 6 heteroatoms. The lowest BCUT2D eigenvalue weighted by Gasteiger charge is -2.31. The molecule has 0 aliphatic carbocycles. The fraction of sp³-hybridized carbons (Fsp3) is 0.375. The molecule has 1 aliphatic rings. The number of nitrogens with zero attached hydrogens (tertiary/aromatic N) is 1. The molecule has 0 bridgehead atoms. The standard InChI is InChI=1S/C16H18N2O3.ClH/c17-10-11-5-7-18(8-6-11)15(19)13-9-12-3-1-2-4-14(12)21-16(13)20;/h1-4,9,11H,5-8,10,17H2;1H. The molecule has 2 heterocycles. The molecule has 0 atom stereocenters. The fourth-order valence-corrected chi connectivity index (χ4v) is 2.75. The van der Waals surface area contributed by atoms with E-state index in [0.29, 0.717) is 31.1 Å². The van der Waals surface area contributed by atoms with Crippen LogP contribution in [0.5, 0.6) is 0 Å². The molecule has 5 nitrogen and oxygen atoms in total. The summed E-state index contributed by atoms with van der Waals surface area (Å²) in [6.45, 7) is 1.94. The molecule has 1 aromatic heterocycles. The van der Waals surface area contributed by atoms with Gasteiger partial charge in [0.2, 0.25) is 0 Å². The number of para-hydroxylation sites is 1. The summed E-state index contributed by atoms with van der Waals surface area (Å²) >= 11 is 0. The summed E-state index contributed by atoms with van der Waals surface area (Å²) in [6.07, 6.45) is 1.78. The van der Waals surface area contributed by atoms with Gasteiger partial charge in [0.15, 0.2) is 0 Å². The van der Waals surface area contributed by atoms with E-state index in [0.717, 1.165) is 18.2 Å². The molecule has 1 aromatic carbocycles. The third-order valence-corrected chi connectivity index (χ3v) is 4.11. The van der Waals surface area contributed by atoms with E-state index in [1.165, 1.54) is 0 Å². The Morgan fingerprint density at radius 3 is 2.64 bits per heavy atom. The lowest BCUT2D eigenvalue weighted by Crippen LogP contribution is -2.41. The number of halogens is 1. The van der Waals surface area contributed by atoms with E-state index in [2.05, 4.69) is 0 Å². The number of carbonyl (C=O) groups excluding carboxylic acids is 1. The van der Waals surface area contributed by atoms with Gasteiger partial charge in [-0.15, -0.1) is 12.4 Å². The SMILES string of the molecule is Cl.NCC1CCN(C(=O)c2cc3ccccc3oc2=O)CC1. The minimum atomic E-state index is -0.570. The maximum absolute atomic E-state index is 12.5. The Morgan fingerprint density at radius 1 is 1.27 bits per heavy atom. The first-order chi connectivity index (χ1) is 10.2. The number of rotatable bonds is 2. The highest BCUT2D eigenvalue weighted by atomic mass is 35.5. The number of carbonyl (C=O) groups is 1. The third-order valence-electron chi connectivity index (χ3n) is 4.11. The monoisotopic (exact) mass is 322 g/mol. The van der Waals surface area contributed by atoms with E-state index in [1.54, 1.807) is 23.1 Å². The van der Waals surface area contributed by atoms with Crippen molar-refractivity contribution in [3.8, 4) is 0 Å². The van der Waals surface area contributed by atoms with E-state index in [1.807, 2.05) is 12.1 Å². The first kappa shape index (κ1) is 16.5. The zero-order valence-electron chi connectivity index (χ0n) is 12.2. The van der Waals surface area contributed by atoms with E-state index in [-0.39, 0.29) is 23.9 Å². The Morgan fingerprint density at radius 2 is 1.95 bits per heavy atom. The quantitative estimate of drug-likeness (QED) is 0.858. The lowest BCUT2D eigenvalue weighted by molar-refractivity contribution is 0.0689. The smallest absolute Gasteiger partial charge is 0.349 e. The summed E-state index contributed by atoms with van der Waals surface area (Å²) in [7, 11) is 0. The van der Waals surface area contributed by atoms with E-state index < -0.39 is 5.63 Å². The molecule has 1 aliphatic heterocycles. The number of hydrogen-bond acceptors (Lipinski definition) is 4. The highest BCUT2D eigenvalue weighted by Gasteiger charge is 2.25. The second-order valence-electron chi connectivity index (χ2n) is 5.46. The summed E-state index contributed by atoms with van der Waals surface area (Å²) in [5.74, 6) is 0.229. The van der Waals surface area contributed by atoms with Crippen LogP contribution in [0.3, 0.4) is 0 Å². The molecule has 0 unspecified atom stereocenters. The fourth-order valence-electron chi connectivity index (χ4n) is 2.75. The topological polar surface area (TPSA) is 76.5 Å². The van der Waals surface area contributed by atoms with Crippen molar-refractivity contribution in [2.24, 2.45) is 11.7 Å². The van der Waals surface area contributed by atoms with Gasteiger partial charge in [0.1, 0.15) is 11.1 Å². The molecular weight excluding hydrogens is 304 g/mol. The van der Waals surface area contributed by atoms with Gasteiger partial charge in [-0.3, -0.25) is 4.79 Å². The van der Waals surface area contributed by atoms with Gasteiger partial charge in [-0.25, -0.2) is 4.79 Å². The molecule has 1 saturated heterocycles. The molecular formula is C16H19ClN2O3. The molecule has 0 saturated carbocycles. The number of likely N-dealkylation sites (tertiary alicyclic amines) is 1. The number of fused-ring (bicyclic) bond motifs is 1. The third kappa shape index (κ3) is 3.15. The minimum absolute atomic E-state index is 0. The number of hydrogen-bond donors (Lipinski definition) is 1. The maximum atomic E-state index is 12.5. The summed E-state index contributed by atoms with van der Waals surface area (Å²) < 4.78 is 5.22. The largest absolute Gasteiger partial charge is 0.422 e. The Labute approximate surface area is 134 Å². The summed E-state index contributed by atoms with van der Waals surface area (Å²) in [5.41, 5.74) is 5.70. The van der Waals surface area contributed by atoms with Crippen molar-refractivity contribution in [1.82, 2.24) is 4.90 Å². The second kappa shape index (κ2) is 6.94. The number of nitrogens with two attached hydrogens (primary N) is 1. The van der Waals surface area contributed by atoms with Gasteiger partial charge in [0.25, 0.3) is 5.91 Å². The van der Waals surface area contributed by atoms with E-state index in [9.17, 15) is 9.59 Å². The lowest BCUT2D eigenvalue weighted by atomic mass is 9.96. The van der Waals surface area contributed by atoms with Gasteiger partial charge in [0, 0.05) is 18.5 Å². The number of piperidine rings is 1. The molecule has 1 fully saturated rings. The van der Waals surface area contributed by atoms with E-state index >= 15 is 0 Å². The molecule has 1 amide bonds. The van der Waals surface area contributed by atoms with Gasteiger partial charge in [0.05, 0.1) is 0 Å². The van der Waals surface area contributed by atoms with Crippen LogP contribution in [-0.2, 0) is 0 Å². The predicted molar refractivity (Wildman–Crippen MR) is 87.4 cm³/mol. The second-order valence-corrected chi connectivity index (χ2v) is 5.46. The Bertz CT molecular complexity index is 721. The van der Waals surface area contributed by atoms with Crippen molar-refractivity contribution in [1.29, 1.82) is 0 Å². The van der Waals surface area contributed by atoms with Crippen molar-refractivity contribution in [3.63, 3.8) is 0 Å². The zero-order chi connectivity index (χ0) is 14.8. The van der Waals surface area contributed by atoms with Crippen molar-refractivity contribution in [2.75, 3.05) is 19.6 Å². The number of amides is 1. The zero-order valence-corrected chi connectivity index (χ0v) is 13.0. The molecule has 0 spiro atoms. The van der Waals surface area contributed by atoms with Crippen LogP contribution < -0.4 is 11.4 Å². The van der Waals surface area contributed by atoms with Crippen LogP contribution >= 0.6 is 12.4 Å². The highest BCUT2D eigenvalue weighted by Crippen LogP contribution is 2.19. The van der Waals surface area contributed by atoms with Crippen LogP contribution in [0.25, 0.3) is 11.0 Å². The highest BCUT2D eigenvalue weighted by molar-refractivity contribution is 5.96. The van der Waals surface area contributed by atoms with Gasteiger partial charge < -0.3 is 15.1 Å². The average Bonchev–Trinajstić information content (AvgIpc) is 2.53. The van der Waals surface area contributed by atoms with E-state index in [4.69, 9.17) is 10.2 Å². The van der Waals surface area contributed by atoms with Crippen LogP contribution in [0.2, 0.25) is 0 Å². The molecule has 3 rings (SSSR count). The van der Waals surface area contributed by atoms with Crippen molar-refractivity contribution in [3.05, 3.63) is 46.3 Å². The van der Waals surface area contributed by atoms with Crippen LogP contribution in [0.15, 0.2) is 39.5 Å².